The van der Waals surface area contributed by atoms with E-state index in [0.29, 0.717) is 16.5 Å². The lowest BCUT2D eigenvalue weighted by molar-refractivity contribution is 0.0696. The Morgan fingerprint density at radius 2 is 2.05 bits per heavy atom. The van der Waals surface area contributed by atoms with Crippen molar-refractivity contribution < 1.29 is 23.4 Å². The monoisotopic (exact) mass is 365 g/mol. The molecule has 0 aliphatic heterocycles. The predicted molar refractivity (Wildman–Crippen MR) is 77.3 cm³/mol. The first-order valence-corrected chi connectivity index (χ1v) is 8.17. The SMILES string of the molecule is CC[C@@H](CO)NS(=O)(=O)c1cc(C(=O)O)cc(Br)c1C. The second-order valence-corrected chi connectivity index (χ2v) is 6.83. The Morgan fingerprint density at radius 1 is 1.45 bits per heavy atom. The number of aliphatic hydroxyl groups excluding tert-OH is 1. The van der Waals surface area contributed by atoms with Crippen LogP contribution in [-0.4, -0.2) is 37.2 Å². The number of nitrogens with one attached hydrogen (secondary N) is 1. The summed E-state index contributed by atoms with van der Waals surface area (Å²) in [6, 6.07) is 1.85. The number of carbonyl (C=O) groups is 1. The maximum Gasteiger partial charge on any atom is 0.335 e. The molecule has 1 atom stereocenters. The van der Waals surface area contributed by atoms with Crippen molar-refractivity contribution >= 4 is 31.9 Å². The lowest BCUT2D eigenvalue weighted by atomic mass is 10.1. The molecule has 6 nitrogen and oxygen atoms in total. The maximum atomic E-state index is 12.3. The van der Waals surface area contributed by atoms with Crippen molar-refractivity contribution in [2.45, 2.75) is 31.2 Å². The quantitative estimate of drug-likeness (QED) is 0.708. The molecule has 3 N–H and O–H groups in total. The third-order valence-corrected chi connectivity index (χ3v) is 5.34. The fourth-order valence-corrected chi connectivity index (χ4v) is 3.78. The largest absolute Gasteiger partial charge is 0.478 e. The summed E-state index contributed by atoms with van der Waals surface area (Å²) in [5.74, 6) is -1.21. The number of aliphatic hydroxyl groups is 1. The molecule has 1 aromatic rings. The molecule has 1 aromatic carbocycles. The lowest BCUT2D eigenvalue weighted by Crippen LogP contribution is -2.37. The number of carboxylic acid groups (broad SMARTS) is 1. The van der Waals surface area contributed by atoms with E-state index in [4.69, 9.17) is 10.2 Å². The highest BCUT2D eigenvalue weighted by Gasteiger charge is 2.23. The molecule has 0 heterocycles. The number of halogens is 1. The van der Waals surface area contributed by atoms with Gasteiger partial charge in [0, 0.05) is 10.5 Å². The minimum Gasteiger partial charge on any atom is -0.478 e. The highest BCUT2D eigenvalue weighted by molar-refractivity contribution is 9.10. The van der Waals surface area contributed by atoms with Crippen LogP contribution >= 0.6 is 15.9 Å². The number of aromatic carboxylic acids is 1. The van der Waals surface area contributed by atoms with E-state index < -0.39 is 22.0 Å². The number of hydrogen-bond donors (Lipinski definition) is 3. The molecule has 0 aromatic heterocycles. The number of rotatable bonds is 6. The minimum absolute atomic E-state index is 0.115. The zero-order chi connectivity index (χ0) is 15.5. The van der Waals surface area contributed by atoms with E-state index in [1.54, 1.807) is 13.8 Å². The van der Waals surface area contributed by atoms with E-state index >= 15 is 0 Å². The first-order valence-electron chi connectivity index (χ1n) is 5.89. The van der Waals surface area contributed by atoms with Gasteiger partial charge in [0.25, 0.3) is 0 Å². The average molecular weight is 366 g/mol. The Labute approximate surface area is 126 Å². The Hall–Kier alpha value is -0.960. The van der Waals surface area contributed by atoms with E-state index in [1.165, 1.54) is 6.07 Å². The molecule has 0 aliphatic rings. The van der Waals surface area contributed by atoms with Gasteiger partial charge in [-0.15, -0.1) is 0 Å². The van der Waals surface area contributed by atoms with Gasteiger partial charge < -0.3 is 10.2 Å². The molecule has 0 fully saturated rings. The van der Waals surface area contributed by atoms with Crippen LogP contribution in [0.25, 0.3) is 0 Å². The molecule has 0 unspecified atom stereocenters. The second-order valence-electron chi connectivity index (χ2n) is 4.30. The minimum atomic E-state index is -3.90. The molecule has 0 saturated heterocycles. The van der Waals surface area contributed by atoms with Gasteiger partial charge in [-0.3, -0.25) is 0 Å². The standard InChI is InChI=1S/C12H16BrNO5S/c1-3-9(6-15)14-20(18,19)11-5-8(12(16)17)4-10(13)7(11)2/h4-5,9,14-15H,3,6H2,1-2H3,(H,16,17)/t9-/m0/s1. The van der Waals surface area contributed by atoms with Gasteiger partial charge in [-0.05, 0) is 31.0 Å². The first kappa shape index (κ1) is 17.1. The smallest absolute Gasteiger partial charge is 0.335 e. The van der Waals surface area contributed by atoms with Gasteiger partial charge in [-0.2, -0.15) is 0 Å². The topological polar surface area (TPSA) is 104 Å². The molecule has 112 valence electrons. The molecule has 8 heteroatoms. The molecule has 20 heavy (non-hydrogen) atoms. The summed E-state index contributed by atoms with van der Waals surface area (Å²) in [5, 5.41) is 18.1. The summed E-state index contributed by atoms with van der Waals surface area (Å²) in [4.78, 5) is 10.9. The molecule has 0 aliphatic carbocycles. The summed E-state index contributed by atoms with van der Waals surface area (Å²) in [6.07, 6.45) is 0.425. The van der Waals surface area contributed by atoms with E-state index in [1.807, 2.05) is 0 Å². The van der Waals surface area contributed by atoms with Gasteiger partial charge in [-0.25, -0.2) is 17.9 Å². The second kappa shape index (κ2) is 6.66. The van der Waals surface area contributed by atoms with E-state index in [9.17, 15) is 13.2 Å². The van der Waals surface area contributed by atoms with Crippen LogP contribution in [-0.2, 0) is 10.0 Å². The van der Waals surface area contributed by atoms with Crippen LogP contribution in [0.4, 0.5) is 0 Å². The number of benzene rings is 1. The van der Waals surface area contributed by atoms with Crippen LogP contribution in [0.15, 0.2) is 21.5 Å². The number of carboxylic acids is 1. The summed E-state index contributed by atoms with van der Waals surface area (Å²) < 4.78 is 27.3. The van der Waals surface area contributed by atoms with Gasteiger partial charge in [0.15, 0.2) is 0 Å². The highest BCUT2D eigenvalue weighted by atomic mass is 79.9. The van der Waals surface area contributed by atoms with Crippen LogP contribution in [0.3, 0.4) is 0 Å². The molecule has 0 amide bonds. The predicted octanol–water partition coefficient (Wildman–Crippen LogP) is 1.50. The van der Waals surface area contributed by atoms with Crippen molar-refractivity contribution in [3.8, 4) is 0 Å². The third-order valence-electron chi connectivity index (χ3n) is 2.87. The van der Waals surface area contributed by atoms with Gasteiger partial charge in [0.05, 0.1) is 17.1 Å². The van der Waals surface area contributed by atoms with Crippen molar-refractivity contribution in [1.82, 2.24) is 4.72 Å². The average Bonchev–Trinajstić information content (AvgIpc) is 2.38. The molecule has 0 spiro atoms. The van der Waals surface area contributed by atoms with Crippen LogP contribution in [0.5, 0.6) is 0 Å². The van der Waals surface area contributed by atoms with Crippen molar-refractivity contribution in [3.05, 3.63) is 27.7 Å². The van der Waals surface area contributed by atoms with Gasteiger partial charge in [0.2, 0.25) is 10.0 Å². The summed E-state index contributed by atoms with van der Waals surface area (Å²) in [5.41, 5.74) is 0.287. The Kier molecular flexibility index (Phi) is 5.69. The normalized spacial score (nSPS) is 13.2. The molecular weight excluding hydrogens is 350 g/mol. The summed E-state index contributed by atoms with van der Waals surface area (Å²) in [6.45, 7) is 2.98. The van der Waals surface area contributed by atoms with Crippen LogP contribution in [0.1, 0.15) is 29.3 Å². The van der Waals surface area contributed by atoms with Gasteiger partial charge in [0.1, 0.15) is 0 Å². The van der Waals surface area contributed by atoms with Gasteiger partial charge in [-0.1, -0.05) is 22.9 Å². The van der Waals surface area contributed by atoms with E-state index in [0.717, 1.165) is 6.07 Å². The van der Waals surface area contributed by atoms with Gasteiger partial charge >= 0.3 is 5.97 Å². The maximum absolute atomic E-state index is 12.3. The Bertz CT molecular complexity index is 611. The van der Waals surface area contributed by atoms with Crippen molar-refractivity contribution in [2.24, 2.45) is 0 Å². The molecule has 0 bridgehead atoms. The van der Waals surface area contributed by atoms with Crippen molar-refractivity contribution in [1.29, 1.82) is 0 Å². The summed E-state index contributed by atoms with van der Waals surface area (Å²) >= 11 is 3.15. The lowest BCUT2D eigenvalue weighted by Gasteiger charge is -2.16. The Balaban J connectivity index is 3.34. The molecule has 0 radical (unpaired) electrons. The molecule has 0 saturated carbocycles. The fourth-order valence-electron chi connectivity index (χ4n) is 1.59. The summed E-state index contributed by atoms with van der Waals surface area (Å²) in [7, 11) is -3.90. The van der Waals surface area contributed by atoms with E-state index in [-0.39, 0.29) is 17.1 Å². The third kappa shape index (κ3) is 3.78. The van der Waals surface area contributed by atoms with Crippen molar-refractivity contribution in [2.75, 3.05) is 6.61 Å². The number of sulfonamides is 1. The van der Waals surface area contributed by atoms with Crippen molar-refractivity contribution in [3.63, 3.8) is 0 Å². The molecular formula is C12H16BrNO5S. The number of hydrogen-bond acceptors (Lipinski definition) is 4. The van der Waals surface area contributed by atoms with Crippen LogP contribution < -0.4 is 4.72 Å². The van der Waals surface area contributed by atoms with E-state index in [2.05, 4.69) is 20.7 Å². The molecule has 1 rings (SSSR count). The fraction of sp³-hybridized carbons (Fsp3) is 0.417. The van der Waals surface area contributed by atoms with Crippen LogP contribution in [0, 0.1) is 6.92 Å². The van der Waals surface area contributed by atoms with Crippen LogP contribution in [0.2, 0.25) is 0 Å². The zero-order valence-electron chi connectivity index (χ0n) is 11.1. The zero-order valence-corrected chi connectivity index (χ0v) is 13.5. The highest BCUT2D eigenvalue weighted by Crippen LogP contribution is 2.26. The Morgan fingerprint density at radius 3 is 2.50 bits per heavy atom. The first-order chi connectivity index (χ1) is 9.22.